The molecular weight excluding hydrogens is 328 g/mol. The van der Waals surface area contributed by atoms with Crippen LogP contribution in [0.1, 0.15) is 49.7 Å². The highest BCUT2D eigenvalue weighted by molar-refractivity contribution is 6.02. The van der Waals surface area contributed by atoms with Gasteiger partial charge in [-0.15, -0.1) is 0 Å². The quantitative estimate of drug-likeness (QED) is 0.858. The molecule has 1 saturated heterocycles. The van der Waals surface area contributed by atoms with Crippen LogP contribution in [0.2, 0.25) is 0 Å². The number of carbonyl (C=O) groups excluding carboxylic acids is 1. The topological polar surface area (TPSA) is 76.1 Å². The van der Waals surface area contributed by atoms with E-state index in [0.29, 0.717) is 12.4 Å². The maximum atomic E-state index is 12.3. The molecule has 0 radical (unpaired) electrons. The molecule has 138 valence electrons. The lowest BCUT2D eigenvalue weighted by Gasteiger charge is -2.19. The van der Waals surface area contributed by atoms with Crippen LogP contribution in [0.4, 0.5) is 11.5 Å². The summed E-state index contributed by atoms with van der Waals surface area (Å²) in [5, 5.41) is 6.04. The Bertz CT molecular complexity index is 730. The second kappa shape index (κ2) is 7.83. The summed E-state index contributed by atoms with van der Waals surface area (Å²) in [5.74, 6) is 0.373. The Morgan fingerprint density at radius 3 is 2.54 bits per heavy atom. The van der Waals surface area contributed by atoms with Gasteiger partial charge in [0, 0.05) is 18.8 Å². The van der Waals surface area contributed by atoms with Gasteiger partial charge >= 0.3 is 0 Å². The Labute approximate surface area is 154 Å². The lowest BCUT2D eigenvalue weighted by molar-refractivity contribution is 0.102. The van der Waals surface area contributed by atoms with Gasteiger partial charge in [0.05, 0.1) is 18.5 Å². The average Bonchev–Trinajstić information content (AvgIpc) is 3.13. The summed E-state index contributed by atoms with van der Waals surface area (Å²) in [7, 11) is 0. The van der Waals surface area contributed by atoms with Gasteiger partial charge < -0.3 is 15.4 Å². The smallest absolute Gasteiger partial charge is 0.275 e. The van der Waals surface area contributed by atoms with E-state index >= 15 is 0 Å². The highest BCUT2D eigenvalue weighted by Crippen LogP contribution is 2.23. The standard InChI is InChI=1S/C20H26N4O2/c1-20(2,3)14-6-8-15(9-7-14)24-19(25)17-12-23-18(13-21-17)22-11-16-5-4-10-26-16/h6-9,12-13,16H,4-5,10-11H2,1-3H3,(H,22,23)(H,24,25). The number of hydrogen-bond acceptors (Lipinski definition) is 5. The maximum Gasteiger partial charge on any atom is 0.275 e. The zero-order chi connectivity index (χ0) is 18.6. The van der Waals surface area contributed by atoms with E-state index in [1.165, 1.54) is 11.8 Å². The molecule has 26 heavy (non-hydrogen) atoms. The van der Waals surface area contributed by atoms with Crippen molar-refractivity contribution in [3.63, 3.8) is 0 Å². The lowest BCUT2D eigenvalue weighted by Crippen LogP contribution is -2.19. The number of aromatic nitrogens is 2. The molecule has 2 N–H and O–H groups in total. The molecule has 1 aliphatic rings. The Morgan fingerprint density at radius 1 is 1.19 bits per heavy atom. The Balaban J connectivity index is 1.55. The van der Waals surface area contributed by atoms with Gasteiger partial charge in [0.25, 0.3) is 5.91 Å². The zero-order valence-corrected chi connectivity index (χ0v) is 15.6. The first-order valence-electron chi connectivity index (χ1n) is 9.01. The minimum Gasteiger partial charge on any atom is -0.376 e. The van der Waals surface area contributed by atoms with Crippen molar-refractivity contribution in [3.8, 4) is 0 Å². The van der Waals surface area contributed by atoms with Gasteiger partial charge in [0.2, 0.25) is 0 Å². The maximum absolute atomic E-state index is 12.3. The molecule has 0 saturated carbocycles. The van der Waals surface area contributed by atoms with Gasteiger partial charge in [-0.2, -0.15) is 0 Å². The molecule has 6 nitrogen and oxygen atoms in total. The van der Waals surface area contributed by atoms with Crippen LogP contribution < -0.4 is 10.6 Å². The number of benzene rings is 1. The molecule has 0 aliphatic carbocycles. The molecule has 2 aromatic rings. The predicted molar refractivity (Wildman–Crippen MR) is 103 cm³/mol. The molecular formula is C20H26N4O2. The zero-order valence-electron chi connectivity index (χ0n) is 15.6. The summed E-state index contributed by atoms with van der Waals surface area (Å²) in [6.45, 7) is 8.01. The molecule has 0 bridgehead atoms. The fraction of sp³-hybridized carbons (Fsp3) is 0.450. The van der Waals surface area contributed by atoms with Crippen molar-refractivity contribution >= 4 is 17.4 Å². The average molecular weight is 354 g/mol. The van der Waals surface area contributed by atoms with Crippen molar-refractivity contribution in [2.75, 3.05) is 23.8 Å². The monoisotopic (exact) mass is 354 g/mol. The summed E-state index contributed by atoms with van der Waals surface area (Å²) in [6, 6.07) is 7.87. The van der Waals surface area contributed by atoms with Crippen LogP contribution in [0.15, 0.2) is 36.7 Å². The van der Waals surface area contributed by atoms with Crippen molar-refractivity contribution in [1.82, 2.24) is 9.97 Å². The van der Waals surface area contributed by atoms with Crippen molar-refractivity contribution < 1.29 is 9.53 Å². The molecule has 1 amide bonds. The van der Waals surface area contributed by atoms with Crippen molar-refractivity contribution in [1.29, 1.82) is 0 Å². The largest absolute Gasteiger partial charge is 0.376 e. The normalized spacial score (nSPS) is 17.1. The molecule has 6 heteroatoms. The summed E-state index contributed by atoms with van der Waals surface area (Å²) >= 11 is 0. The minimum absolute atomic E-state index is 0.0837. The summed E-state index contributed by atoms with van der Waals surface area (Å²) in [6.07, 6.45) is 5.46. The van der Waals surface area contributed by atoms with E-state index in [0.717, 1.165) is 25.1 Å². The second-order valence-corrected chi connectivity index (χ2v) is 7.58. The number of amides is 1. The van der Waals surface area contributed by atoms with Gasteiger partial charge in [-0.1, -0.05) is 32.9 Å². The Morgan fingerprint density at radius 2 is 1.96 bits per heavy atom. The molecule has 0 spiro atoms. The van der Waals surface area contributed by atoms with Crippen molar-refractivity contribution in [2.45, 2.75) is 45.1 Å². The van der Waals surface area contributed by atoms with Crippen molar-refractivity contribution in [3.05, 3.63) is 47.9 Å². The van der Waals surface area contributed by atoms with E-state index in [9.17, 15) is 4.79 Å². The second-order valence-electron chi connectivity index (χ2n) is 7.58. The molecule has 1 aliphatic heterocycles. The summed E-state index contributed by atoms with van der Waals surface area (Å²) in [4.78, 5) is 20.8. The van der Waals surface area contributed by atoms with Gasteiger partial charge in [-0.3, -0.25) is 4.79 Å². The first-order chi connectivity index (χ1) is 12.4. The van der Waals surface area contributed by atoms with E-state index in [-0.39, 0.29) is 23.1 Å². The number of anilines is 2. The third-order valence-corrected chi connectivity index (χ3v) is 4.43. The van der Waals surface area contributed by atoms with Gasteiger partial charge in [-0.05, 0) is 36.0 Å². The third kappa shape index (κ3) is 4.79. The number of rotatable bonds is 5. The van der Waals surface area contributed by atoms with Gasteiger partial charge in [0.15, 0.2) is 0 Å². The summed E-state index contributed by atoms with van der Waals surface area (Å²) < 4.78 is 5.56. The Hall–Kier alpha value is -2.47. The molecule has 1 aromatic heterocycles. The van der Waals surface area contributed by atoms with Crippen LogP contribution in [-0.2, 0) is 10.2 Å². The van der Waals surface area contributed by atoms with Crippen LogP contribution in [0.3, 0.4) is 0 Å². The van der Waals surface area contributed by atoms with E-state index in [1.54, 1.807) is 6.20 Å². The highest BCUT2D eigenvalue weighted by Gasteiger charge is 2.16. The molecule has 1 unspecified atom stereocenters. The minimum atomic E-state index is -0.272. The van der Waals surface area contributed by atoms with Gasteiger partial charge in [-0.25, -0.2) is 9.97 Å². The first kappa shape index (κ1) is 18.3. The predicted octanol–water partition coefficient (Wildman–Crippen LogP) is 3.62. The third-order valence-electron chi connectivity index (χ3n) is 4.43. The SMILES string of the molecule is CC(C)(C)c1ccc(NC(=O)c2cnc(NCC3CCCO3)cn2)cc1. The molecule has 1 atom stereocenters. The first-order valence-corrected chi connectivity index (χ1v) is 9.01. The van der Waals surface area contributed by atoms with E-state index in [1.807, 2.05) is 24.3 Å². The van der Waals surface area contributed by atoms with Crippen LogP contribution in [0.25, 0.3) is 0 Å². The van der Waals surface area contributed by atoms with Crippen LogP contribution in [-0.4, -0.2) is 35.1 Å². The molecule has 2 heterocycles. The van der Waals surface area contributed by atoms with Crippen molar-refractivity contribution in [2.24, 2.45) is 0 Å². The fourth-order valence-corrected chi connectivity index (χ4v) is 2.81. The Kier molecular flexibility index (Phi) is 5.52. The lowest BCUT2D eigenvalue weighted by atomic mass is 9.87. The van der Waals surface area contributed by atoms with Crippen LogP contribution in [0, 0.1) is 0 Å². The van der Waals surface area contributed by atoms with Gasteiger partial charge in [0.1, 0.15) is 11.5 Å². The van der Waals surface area contributed by atoms with E-state index in [2.05, 4.69) is 41.4 Å². The number of hydrogen-bond donors (Lipinski definition) is 2. The number of nitrogens with zero attached hydrogens (tertiary/aromatic N) is 2. The van der Waals surface area contributed by atoms with E-state index < -0.39 is 0 Å². The van der Waals surface area contributed by atoms with Crippen LogP contribution in [0.5, 0.6) is 0 Å². The molecule has 1 fully saturated rings. The number of nitrogens with one attached hydrogen (secondary N) is 2. The molecule has 3 rings (SSSR count). The number of carbonyl (C=O) groups is 1. The number of ether oxygens (including phenoxy) is 1. The van der Waals surface area contributed by atoms with Crippen LogP contribution >= 0.6 is 0 Å². The van der Waals surface area contributed by atoms with E-state index in [4.69, 9.17) is 4.74 Å². The fourth-order valence-electron chi connectivity index (χ4n) is 2.81. The highest BCUT2D eigenvalue weighted by atomic mass is 16.5. The molecule has 1 aromatic carbocycles. The summed E-state index contributed by atoms with van der Waals surface area (Å²) in [5.41, 5.74) is 2.33.